The third-order valence-electron chi connectivity index (χ3n) is 5.28. The molecule has 0 radical (unpaired) electrons. The number of hydrogen-bond donors (Lipinski definition) is 3. The van der Waals surface area contributed by atoms with Crippen LogP contribution in [0.5, 0.6) is 0 Å². The van der Waals surface area contributed by atoms with Crippen LogP contribution in [0.15, 0.2) is 16.9 Å². The normalized spacial score (nSPS) is 18.1. The number of fused-ring (bicyclic) bond motifs is 1. The van der Waals surface area contributed by atoms with E-state index in [2.05, 4.69) is 20.6 Å². The highest BCUT2D eigenvalue weighted by Gasteiger charge is 2.18. The molecule has 5 nitrogen and oxygen atoms in total. The van der Waals surface area contributed by atoms with Crippen molar-refractivity contribution in [3.05, 3.63) is 34.1 Å². The molecule has 2 aromatic rings. The fraction of sp³-hybridized carbons (Fsp3) is 0.619. The predicted octanol–water partition coefficient (Wildman–Crippen LogP) is 4.43. The van der Waals surface area contributed by atoms with E-state index in [-0.39, 0.29) is 10.9 Å². The molecule has 28 heavy (non-hydrogen) atoms. The number of anilines is 1. The highest BCUT2D eigenvalue weighted by atomic mass is 32.2. The minimum absolute atomic E-state index is 0.0533. The SMILES string of the molecule is CC.O=c1[nH]c(CSC2CCNCC2)nc2cc(NC3CCCC3)cc(F)c12. The van der Waals surface area contributed by atoms with Gasteiger partial charge in [0.05, 0.1) is 11.3 Å². The van der Waals surface area contributed by atoms with Crippen LogP contribution < -0.4 is 16.2 Å². The maximum atomic E-state index is 14.5. The number of aromatic amines is 1. The van der Waals surface area contributed by atoms with Gasteiger partial charge in [0.15, 0.2) is 0 Å². The van der Waals surface area contributed by atoms with Crippen LogP contribution in [0, 0.1) is 5.82 Å². The summed E-state index contributed by atoms with van der Waals surface area (Å²) in [6.45, 7) is 6.08. The van der Waals surface area contributed by atoms with Crippen LogP contribution >= 0.6 is 11.8 Å². The van der Waals surface area contributed by atoms with Gasteiger partial charge in [-0.25, -0.2) is 9.37 Å². The quantitative estimate of drug-likeness (QED) is 0.685. The van der Waals surface area contributed by atoms with Gasteiger partial charge in [-0.05, 0) is 50.9 Å². The molecular weight excluding hydrogens is 375 g/mol. The number of piperidine rings is 1. The Hall–Kier alpha value is -1.60. The molecule has 1 aliphatic carbocycles. The lowest BCUT2D eigenvalue weighted by Crippen LogP contribution is -2.29. The van der Waals surface area contributed by atoms with Crippen LogP contribution in [0.2, 0.25) is 0 Å². The van der Waals surface area contributed by atoms with E-state index in [1.165, 1.54) is 18.9 Å². The van der Waals surface area contributed by atoms with Gasteiger partial charge in [-0.15, -0.1) is 0 Å². The second-order valence-corrected chi connectivity index (χ2v) is 8.54. The van der Waals surface area contributed by atoms with Crippen molar-refractivity contribution in [2.24, 2.45) is 0 Å². The van der Waals surface area contributed by atoms with E-state index in [0.29, 0.717) is 28.4 Å². The number of aromatic nitrogens is 2. The van der Waals surface area contributed by atoms with E-state index >= 15 is 0 Å². The van der Waals surface area contributed by atoms with Crippen LogP contribution in [-0.4, -0.2) is 34.3 Å². The maximum absolute atomic E-state index is 14.5. The predicted molar refractivity (Wildman–Crippen MR) is 117 cm³/mol. The largest absolute Gasteiger partial charge is 0.382 e. The topological polar surface area (TPSA) is 69.8 Å². The second-order valence-electron chi connectivity index (χ2n) is 7.25. The molecule has 1 saturated carbocycles. The zero-order valence-corrected chi connectivity index (χ0v) is 17.6. The van der Waals surface area contributed by atoms with E-state index in [4.69, 9.17) is 0 Å². The summed E-state index contributed by atoms with van der Waals surface area (Å²) in [7, 11) is 0. The summed E-state index contributed by atoms with van der Waals surface area (Å²) in [5, 5.41) is 7.39. The van der Waals surface area contributed by atoms with Crippen LogP contribution in [0.25, 0.3) is 10.9 Å². The molecule has 2 fully saturated rings. The zero-order valence-electron chi connectivity index (χ0n) is 16.8. The average molecular weight is 407 g/mol. The van der Waals surface area contributed by atoms with E-state index in [0.717, 1.165) is 44.5 Å². The fourth-order valence-corrected chi connectivity index (χ4v) is 4.99. The van der Waals surface area contributed by atoms with Gasteiger partial charge in [0.25, 0.3) is 5.56 Å². The van der Waals surface area contributed by atoms with Gasteiger partial charge in [0, 0.05) is 17.0 Å². The molecule has 0 spiro atoms. The molecule has 4 rings (SSSR count). The Morgan fingerprint density at radius 1 is 1.18 bits per heavy atom. The van der Waals surface area contributed by atoms with Crippen molar-refractivity contribution in [2.75, 3.05) is 18.4 Å². The summed E-state index contributed by atoms with van der Waals surface area (Å²) in [6.07, 6.45) is 6.91. The lowest BCUT2D eigenvalue weighted by molar-refractivity contribution is 0.531. The van der Waals surface area contributed by atoms with Gasteiger partial charge in [-0.3, -0.25) is 4.79 Å². The Labute approximate surface area is 170 Å². The highest BCUT2D eigenvalue weighted by Crippen LogP contribution is 2.26. The van der Waals surface area contributed by atoms with Crippen molar-refractivity contribution in [1.82, 2.24) is 15.3 Å². The van der Waals surface area contributed by atoms with Gasteiger partial charge in [0.2, 0.25) is 0 Å². The monoisotopic (exact) mass is 406 g/mol. The third-order valence-corrected chi connectivity index (χ3v) is 6.66. The molecule has 154 valence electrons. The number of benzene rings is 1. The first kappa shape index (κ1) is 21.1. The van der Waals surface area contributed by atoms with Crippen LogP contribution in [0.1, 0.15) is 58.2 Å². The van der Waals surface area contributed by atoms with Crippen LogP contribution in [0.4, 0.5) is 10.1 Å². The molecule has 1 saturated heterocycles. The lowest BCUT2D eigenvalue weighted by Gasteiger charge is -2.21. The van der Waals surface area contributed by atoms with Crippen LogP contribution in [-0.2, 0) is 5.75 Å². The highest BCUT2D eigenvalue weighted by molar-refractivity contribution is 7.99. The van der Waals surface area contributed by atoms with Crippen LogP contribution in [0.3, 0.4) is 0 Å². The standard InChI is InChI=1S/C19H25FN4OS.C2H6/c20-15-9-13(22-12-3-1-2-4-12)10-16-18(15)19(25)24-17(23-16)11-26-14-5-7-21-8-6-14;1-2/h9-10,12,14,21-22H,1-8,11H2,(H,23,24,25);1-2H3. The molecule has 1 aromatic heterocycles. The Balaban J connectivity index is 0.00000109. The molecule has 0 atom stereocenters. The van der Waals surface area contributed by atoms with Crippen molar-refractivity contribution in [1.29, 1.82) is 0 Å². The van der Waals surface area contributed by atoms with Crippen molar-refractivity contribution in [2.45, 2.75) is 69.4 Å². The zero-order chi connectivity index (χ0) is 19.9. The summed E-state index contributed by atoms with van der Waals surface area (Å²) in [5.74, 6) is 0.773. The smallest absolute Gasteiger partial charge is 0.261 e. The Morgan fingerprint density at radius 3 is 2.61 bits per heavy atom. The maximum Gasteiger partial charge on any atom is 0.261 e. The molecule has 0 bridgehead atoms. The molecule has 2 aliphatic rings. The average Bonchev–Trinajstić information content (AvgIpc) is 3.21. The first-order chi connectivity index (χ1) is 13.7. The van der Waals surface area contributed by atoms with Gasteiger partial charge in [-0.1, -0.05) is 26.7 Å². The molecule has 7 heteroatoms. The van der Waals surface area contributed by atoms with Gasteiger partial charge in [0.1, 0.15) is 17.0 Å². The summed E-state index contributed by atoms with van der Waals surface area (Å²) in [5.41, 5.74) is 0.771. The summed E-state index contributed by atoms with van der Waals surface area (Å²) < 4.78 is 14.5. The van der Waals surface area contributed by atoms with E-state index < -0.39 is 5.82 Å². The molecule has 3 N–H and O–H groups in total. The Kier molecular flexibility index (Phi) is 7.73. The van der Waals surface area contributed by atoms with E-state index in [1.807, 2.05) is 31.7 Å². The number of nitrogens with one attached hydrogen (secondary N) is 3. The Morgan fingerprint density at radius 2 is 1.89 bits per heavy atom. The number of thioether (sulfide) groups is 1. The number of halogens is 1. The van der Waals surface area contributed by atoms with E-state index in [9.17, 15) is 9.18 Å². The number of nitrogens with zero attached hydrogens (tertiary/aromatic N) is 1. The number of rotatable bonds is 5. The van der Waals surface area contributed by atoms with Crippen molar-refractivity contribution < 1.29 is 4.39 Å². The summed E-state index contributed by atoms with van der Waals surface area (Å²) in [4.78, 5) is 19.7. The molecule has 2 heterocycles. The summed E-state index contributed by atoms with van der Waals surface area (Å²) >= 11 is 1.82. The molecular formula is C21H31FN4OS. The third kappa shape index (κ3) is 5.26. The van der Waals surface area contributed by atoms with E-state index in [1.54, 1.807) is 0 Å². The fourth-order valence-electron chi connectivity index (χ4n) is 3.89. The molecule has 0 amide bonds. The first-order valence-corrected chi connectivity index (χ1v) is 11.6. The second kappa shape index (κ2) is 10.3. The number of H-pyrrole nitrogens is 1. The van der Waals surface area contributed by atoms with Crippen molar-refractivity contribution >= 4 is 28.4 Å². The van der Waals surface area contributed by atoms with Gasteiger partial charge in [-0.2, -0.15) is 11.8 Å². The molecule has 1 aliphatic heterocycles. The minimum atomic E-state index is -0.505. The number of hydrogen-bond acceptors (Lipinski definition) is 5. The summed E-state index contributed by atoms with van der Waals surface area (Å²) in [6, 6.07) is 3.62. The molecule has 0 unspecified atom stereocenters. The lowest BCUT2D eigenvalue weighted by atomic mass is 10.2. The van der Waals surface area contributed by atoms with Crippen molar-refractivity contribution in [3.8, 4) is 0 Å². The van der Waals surface area contributed by atoms with Crippen molar-refractivity contribution in [3.63, 3.8) is 0 Å². The minimum Gasteiger partial charge on any atom is -0.382 e. The Bertz CT molecular complexity index is 829. The first-order valence-electron chi connectivity index (χ1n) is 10.5. The van der Waals surface area contributed by atoms with Gasteiger partial charge >= 0.3 is 0 Å². The van der Waals surface area contributed by atoms with Gasteiger partial charge < -0.3 is 15.6 Å². The molecule has 1 aromatic carbocycles.